The molecule has 1 atom stereocenters. The molecular formula is C12H28N2O. The molecule has 0 saturated heterocycles. The number of ether oxygens (including phenoxy) is 1. The highest BCUT2D eigenvalue weighted by molar-refractivity contribution is 4.76. The largest absolute Gasteiger partial charge is 0.385 e. The Morgan fingerprint density at radius 1 is 1.33 bits per heavy atom. The van der Waals surface area contributed by atoms with Crippen LogP contribution in [0.5, 0.6) is 0 Å². The zero-order valence-corrected chi connectivity index (χ0v) is 11.0. The monoisotopic (exact) mass is 216 g/mol. The van der Waals surface area contributed by atoms with Crippen LogP contribution in [0.1, 0.15) is 34.1 Å². The molecule has 0 aromatic rings. The summed E-state index contributed by atoms with van der Waals surface area (Å²) in [5, 5.41) is 3.44. The molecule has 0 rings (SSSR count). The molecular weight excluding hydrogens is 188 g/mol. The molecule has 0 amide bonds. The van der Waals surface area contributed by atoms with E-state index in [1.54, 1.807) is 7.11 Å². The molecule has 0 fully saturated rings. The Labute approximate surface area is 94.8 Å². The lowest BCUT2D eigenvalue weighted by Gasteiger charge is -2.30. The zero-order valence-electron chi connectivity index (χ0n) is 11.0. The van der Waals surface area contributed by atoms with Gasteiger partial charge in [-0.2, -0.15) is 0 Å². The fourth-order valence-corrected chi connectivity index (χ4v) is 1.16. The van der Waals surface area contributed by atoms with Crippen LogP contribution in [0.25, 0.3) is 0 Å². The fraction of sp³-hybridized carbons (Fsp3) is 1.00. The normalized spacial score (nSPS) is 14.6. The van der Waals surface area contributed by atoms with Crippen LogP contribution in [0.15, 0.2) is 0 Å². The van der Waals surface area contributed by atoms with Crippen molar-refractivity contribution in [3.8, 4) is 0 Å². The third-order valence-electron chi connectivity index (χ3n) is 3.24. The van der Waals surface area contributed by atoms with Gasteiger partial charge in [-0.15, -0.1) is 0 Å². The highest BCUT2D eigenvalue weighted by Gasteiger charge is 2.21. The standard InChI is InChI=1S/C12H28N2O/c1-10(2)12(3,4)9-14-8-11(13)6-7-15-5/h10-11,14H,6-9,13H2,1-5H3. The second-order valence-electron chi connectivity index (χ2n) is 5.32. The topological polar surface area (TPSA) is 47.3 Å². The Kier molecular flexibility index (Phi) is 7.14. The Morgan fingerprint density at radius 2 is 1.93 bits per heavy atom. The molecule has 0 aliphatic carbocycles. The van der Waals surface area contributed by atoms with E-state index in [-0.39, 0.29) is 6.04 Å². The van der Waals surface area contributed by atoms with Crippen molar-refractivity contribution in [1.29, 1.82) is 0 Å². The summed E-state index contributed by atoms with van der Waals surface area (Å²) in [6.45, 7) is 11.7. The maximum atomic E-state index is 5.92. The van der Waals surface area contributed by atoms with Crippen LogP contribution in [0, 0.1) is 11.3 Å². The van der Waals surface area contributed by atoms with E-state index in [0.29, 0.717) is 11.3 Å². The number of hydrogen-bond donors (Lipinski definition) is 2. The van der Waals surface area contributed by atoms with Crippen LogP contribution >= 0.6 is 0 Å². The van der Waals surface area contributed by atoms with E-state index in [9.17, 15) is 0 Å². The smallest absolute Gasteiger partial charge is 0.0477 e. The van der Waals surface area contributed by atoms with Crippen molar-refractivity contribution in [1.82, 2.24) is 5.32 Å². The predicted octanol–water partition coefficient (Wildman–Crippen LogP) is 1.62. The summed E-state index contributed by atoms with van der Waals surface area (Å²) in [4.78, 5) is 0. The fourth-order valence-electron chi connectivity index (χ4n) is 1.16. The molecule has 0 spiro atoms. The minimum absolute atomic E-state index is 0.202. The van der Waals surface area contributed by atoms with E-state index >= 15 is 0 Å². The Hall–Kier alpha value is -0.120. The second-order valence-corrected chi connectivity index (χ2v) is 5.32. The first-order valence-corrected chi connectivity index (χ1v) is 5.85. The summed E-state index contributed by atoms with van der Waals surface area (Å²) >= 11 is 0. The summed E-state index contributed by atoms with van der Waals surface area (Å²) in [6.07, 6.45) is 0.922. The molecule has 0 radical (unpaired) electrons. The van der Waals surface area contributed by atoms with E-state index in [4.69, 9.17) is 10.5 Å². The zero-order chi connectivity index (χ0) is 11.9. The molecule has 15 heavy (non-hydrogen) atoms. The molecule has 1 unspecified atom stereocenters. The predicted molar refractivity (Wildman–Crippen MR) is 66.0 cm³/mol. The van der Waals surface area contributed by atoms with Crippen molar-refractivity contribution in [3.05, 3.63) is 0 Å². The first kappa shape index (κ1) is 14.9. The van der Waals surface area contributed by atoms with Gasteiger partial charge in [0.1, 0.15) is 0 Å². The van der Waals surface area contributed by atoms with Gasteiger partial charge < -0.3 is 15.8 Å². The molecule has 0 saturated carbocycles. The first-order chi connectivity index (χ1) is 6.90. The lowest BCUT2D eigenvalue weighted by Crippen LogP contribution is -2.40. The van der Waals surface area contributed by atoms with Crippen LogP contribution in [0.2, 0.25) is 0 Å². The average Bonchev–Trinajstić information content (AvgIpc) is 2.14. The van der Waals surface area contributed by atoms with Crippen molar-refractivity contribution >= 4 is 0 Å². The number of hydrogen-bond acceptors (Lipinski definition) is 3. The number of nitrogens with two attached hydrogens (primary N) is 1. The van der Waals surface area contributed by atoms with Gasteiger partial charge in [0.25, 0.3) is 0 Å². The van der Waals surface area contributed by atoms with Crippen molar-refractivity contribution in [3.63, 3.8) is 0 Å². The quantitative estimate of drug-likeness (QED) is 0.648. The van der Waals surface area contributed by atoms with Gasteiger partial charge in [0, 0.05) is 32.8 Å². The summed E-state index contributed by atoms with van der Waals surface area (Å²) in [5.74, 6) is 0.681. The van der Waals surface area contributed by atoms with E-state index < -0.39 is 0 Å². The summed E-state index contributed by atoms with van der Waals surface area (Å²) in [6, 6.07) is 0.202. The van der Waals surface area contributed by atoms with Crippen molar-refractivity contribution in [2.75, 3.05) is 26.8 Å². The lowest BCUT2D eigenvalue weighted by molar-refractivity contribution is 0.185. The maximum Gasteiger partial charge on any atom is 0.0477 e. The summed E-state index contributed by atoms with van der Waals surface area (Å²) in [7, 11) is 1.71. The van der Waals surface area contributed by atoms with Crippen molar-refractivity contribution < 1.29 is 4.74 Å². The van der Waals surface area contributed by atoms with E-state index in [0.717, 1.165) is 26.1 Å². The molecule has 3 N–H and O–H groups in total. The van der Waals surface area contributed by atoms with Crippen LogP contribution in [-0.2, 0) is 4.74 Å². The molecule has 0 heterocycles. The summed E-state index contributed by atoms with van der Waals surface area (Å²) in [5.41, 5.74) is 6.26. The minimum atomic E-state index is 0.202. The van der Waals surface area contributed by atoms with Crippen molar-refractivity contribution in [2.45, 2.75) is 40.2 Å². The Bertz CT molecular complexity index is 158. The van der Waals surface area contributed by atoms with E-state index in [1.807, 2.05) is 0 Å². The molecule has 3 nitrogen and oxygen atoms in total. The van der Waals surface area contributed by atoms with Gasteiger partial charge in [0.15, 0.2) is 0 Å². The molecule has 0 bridgehead atoms. The van der Waals surface area contributed by atoms with Crippen LogP contribution in [0.3, 0.4) is 0 Å². The number of nitrogens with one attached hydrogen (secondary N) is 1. The minimum Gasteiger partial charge on any atom is -0.385 e. The summed E-state index contributed by atoms with van der Waals surface area (Å²) < 4.78 is 4.99. The molecule has 0 aliphatic rings. The average molecular weight is 216 g/mol. The van der Waals surface area contributed by atoms with Crippen LogP contribution < -0.4 is 11.1 Å². The third-order valence-corrected chi connectivity index (χ3v) is 3.24. The highest BCUT2D eigenvalue weighted by atomic mass is 16.5. The molecule has 0 aromatic carbocycles. The first-order valence-electron chi connectivity index (χ1n) is 5.85. The van der Waals surface area contributed by atoms with Gasteiger partial charge in [-0.25, -0.2) is 0 Å². The van der Waals surface area contributed by atoms with Gasteiger partial charge in [0.2, 0.25) is 0 Å². The van der Waals surface area contributed by atoms with E-state index in [1.165, 1.54) is 0 Å². The van der Waals surface area contributed by atoms with E-state index in [2.05, 4.69) is 33.0 Å². The molecule has 0 aliphatic heterocycles. The van der Waals surface area contributed by atoms with Gasteiger partial charge >= 0.3 is 0 Å². The number of methoxy groups -OCH3 is 1. The Balaban J connectivity index is 3.60. The second kappa shape index (κ2) is 7.20. The number of rotatable bonds is 8. The third kappa shape index (κ3) is 6.88. The Morgan fingerprint density at radius 3 is 2.40 bits per heavy atom. The SMILES string of the molecule is COCCC(N)CNCC(C)(C)C(C)C. The molecule has 3 heteroatoms. The van der Waals surface area contributed by atoms with Gasteiger partial charge in [-0.1, -0.05) is 27.7 Å². The maximum absolute atomic E-state index is 5.92. The van der Waals surface area contributed by atoms with Crippen molar-refractivity contribution in [2.24, 2.45) is 17.1 Å². The highest BCUT2D eigenvalue weighted by Crippen LogP contribution is 2.24. The van der Waals surface area contributed by atoms with Gasteiger partial charge in [-0.3, -0.25) is 0 Å². The van der Waals surface area contributed by atoms with Crippen LogP contribution in [-0.4, -0.2) is 32.8 Å². The van der Waals surface area contributed by atoms with Gasteiger partial charge in [0.05, 0.1) is 0 Å². The van der Waals surface area contributed by atoms with Crippen LogP contribution in [0.4, 0.5) is 0 Å². The van der Waals surface area contributed by atoms with Gasteiger partial charge in [-0.05, 0) is 17.8 Å². The molecule has 0 aromatic heterocycles. The lowest BCUT2D eigenvalue weighted by atomic mass is 9.81. The molecule has 92 valence electrons.